The normalized spacial score (nSPS) is 11.6. The van der Waals surface area contributed by atoms with Crippen LogP contribution in [0.25, 0.3) is 27.7 Å². The zero-order valence-corrected chi connectivity index (χ0v) is 19.7. The zero-order chi connectivity index (χ0) is 24.1. The Kier molecular flexibility index (Phi) is 7.12. The molecule has 174 valence electrons. The van der Waals surface area contributed by atoms with Gasteiger partial charge in [0, 0.05) is 34.7 Å². The topological polar surface area (TPSA) is 51.5 Å². The molecule has 0 unspecified atom stereocenters. The Morgan fingerprint density at radius 1 is 1.12 bits per heavy atom. The fraction of sp³-hybridized carbons (Fsp3) is 0.207. The molecular formula is C29H28FNO3. The van der Waals surface area contributed by atoms with Gasteiger partial charge in [0.15, 0.2) is 0 Å². The van der Waals surface area contributed by atoms with Gasteiger partial charge in [0.05, 0.1) is 13.4 Å². The molecule has 5 heteroatoms. The number of rotatable bonds is 8. The van der Waals surface area contributed by atoms with Crippen molar-refractivity contribution in [1.82, 2.24) is 5.32 Å². The van der Waals surface area contributed by atoms with Crippen molar-refractivity contribution in [2.45, 2.75) is 26.7 Å². The average Bonchev–Trinajstić information content (AvgIpc) is 3.27. The van der Waals surface area contributed by atoms with E-state index in [2.05, 4.69) is 17.4 Å². The van der Waals surface area contributed by atoms with Crippen molar-refractivity contribution in [3.8, 4) is 16.9 Å². The minimum atomic E-state index is -0.288. The third-order valence-corrected chi connectivity index (χ3v) is 5.96. The molecule has 0 spiro atoms. The molecule has 4 aromatic rings. The summed E-state index contributed by atoms with van der Waals surface area (Å²) in [7, 11) is 1.61. The molecule has 34 heavy (non-hydrogen) atoms. The number of aryl methyl sites for hydroxylation is 2. The van der Waals surface area contributed by atoms with E-state index in [1.54, 1.807) is 31.6 Å². The lowest BCUT2D eigenvalue weighted by molar-refractivity contribution is -0.116. The number of allylic oxidation sites excluding steroid dienone is 1. The van der Waals surface area contributed by atoms with E-state index in [0.717, 1.165) is 46.1 Å². The highest BCUT2D eigenvalue weighted by molar-refractivity contribution is 6.01. The standard InChI is InChI=1S/C29H28FNO3/c1-19(16-27(32)31-15-7-10-21-8-5-4-6-9-21)24-17-25-26(22-11-13-23(30)14-12-22)18-34-29(25)20(2)28(24)33-3/h4-6,8-9,11-14,16-18H,7,10,15H2,1-3H3,(H,31,32)/b19-16+. The van der Waals surface area contributed by atoms with Crippen LogP contribution in [-0.4, -0.2) is 19.6 Å². The lowest BCUT2D eigenvalue weighted by Gasteiger charge is -2.13. The number of furan rings is 1. The Bertz CT molecular complexity index is 1320. The van der Waals surface area contributed by atoms with E-state index in [4.69, 9.17) is 9.15 Å². The number of carbonyl (C=O) groups is 1. The Hall–Kier alpha value is -3.86. The highest BCUT2D eigenvalue weighted by Crippen LogP contribution is 2.40. The van der Waals surface area contributed by atoms with Gasteiger partial charge in [0.25, 0.3) is 0 Å². The summed E-state index contributed by atoms with van der Waals surface area (Å²) in [6.45, 7) is 4.42. The van der Waals surface area contributed by atoms with Gasteiger partial charge in [-0.25, -0.2) is 4.39 Å². The lowest BCUT2D eigenvalue weighted by Crippen LogP contribution is -2.22. The van der Waals surface area contributed by atoms with Crippen LogP contribution in [0.2, 0.25) is 0 Å². The Balaban J connectivity index is 1.56. The van der Waals surface area contributed by atoms with Gasteiger partial charge in [0.1, 0.15) is 17.1 Å². The Morgan fingerprint density at radius 2 is 1.85 bits per heavy atom. The third kappa shape index (κ3) is 5.04. The summed E-state index contributed by atoms with van der Waals surface area (Å²) < 4.78 is 24.9. The van der Waals surface area contributed by atoms with Gasteiger partial charge in [-0.05, 0) is 61.6 Å². The fourth-order valence-electron chi connectivity index (χ4n) is 4.20. The number of hydrogen-bond donors (Lipinski definition) is 1. The molecule has 4 rings (SSSR count). The van der Waals surface area contributed by atoms with E-state index in [0.29, 0.717) is 17.9 Å². The van der Waals surface area contributed by atoms with E-state index in [9.17, 15) is 9.18 Å². The van der Waals surface area contributed by atoms with Crippen molar-refractivity contribution in [2.24, 2.45) is 0 Å². The maximum atomic E-state index is 13.4. The minimum Gasteiger partial charge on any atom is -0.496 e. The van der Waals surface area contributed by atoms with Gasteiger partial charge in [-0.3, -0.25) is 4.79 Å². The number of fused-ring (bicyclic) bond motifs is 1. The van der Waals surface area contributed by atoms with E-state index < -0.39 is 0 Å². The number of ether oxygens (including phenoxy) is 1. The molecule has 0 atom stereocenters. The van der Waals surface area contributed by atoms with Crippen LogP contribution in [0.15, 0.2) is 77.4 Å². The van der Waals surface area contributed by atoms with Crippen molar-refractivity contribution >= 4 is 22.4 Å². The maximum absolute atomic E-state index is 13.4. The van der Waals surface area contributed by atoms with Crippen LogP contribution < -0.4 is 10.1 Å². The summed E-state index contributed by atoms with van der Waals surface area (Å²) in [5.41, 5.74) is 6.13. The smallest absolute Gasteiger partial charge is 0.244 e. The van der Waals surface area contributed by atoms with E-state index >= 15 is 0 Å². The summed E-state index contributed by atoms with van der Waals surface area (Å²) in [4.78, 5) is 12.6. The number of nitrogens with one attached hydrogen (secondary N) is 1. The van der Waals surface area contributed by atoms with Gasteiger partial charge in [-0.2, -0.15) is 0 Å². The predicted octanol–water partition coefficient (Wildman–Crippen LogP) is 6.71. The van der Waals surface area contributed by atoms with Crippen molar-refractivity contribution in [3.63, 3.8) is 0 Å². The highest BCUT2D eigenvalue weighted by atomic mass is 19.1. The molecule has 1 N–H and O–H groups in total. The monoisotopic (exact) mass is 457 g/mol. The quantitative estimate of drug-likeness (QED) is 0.236. The van der Waals surface area contributed by atoms with Crippen LogP contribution >= 0.6 is 0 Å². The summed E-state index contributed by atoms with van der Waals surface area (Å²) in [6.07, 6.45) is 5.06. The number of hydrogen-bond acceptors (Lipinski definition) is 3. The largest absolute Gasteiger partial charge is 0.496 e. The molecule has 0 bridgehead atoms. The van der Waals surface area contributed by atoms with Gasteiger partial charge >= 0.3 is 0 Å². The van der Waals surface area contributed by atoms with Crippen LogP contribution in [0.3, 0.4) is 0 Å². The van der Waals surface area contributed by atoms with Crippen molar-refractivity contribution in [1.29, 1.82) is 0 Å². The highest BCUT2D eigenvalue weighted by Gasteiger charge is 2.18. The summed E-state index contributed by atoms with van der Waals surface area (Å²) in [5.74, 6) is 0.234. The van der Waals surface area contributed by atoms with Gasteiger partial charge in [-0.1, -0.05) is 42.5 Å². The predicted molar refractivity (Wildman–Crippen MR) is 134 cm³/mol. The minimum absolute atomic E-state index is 0.142. The first-order chi connectivity index (χ1) is 16.5. The number of amides is 1. The molecule has 3 aromatic carbocycles. The van der Waals surface area contributed by atoms with Gasteiger partial charge in [-0.15, -0.1) is 0 Å². The molecule has 4 nitrogen and oxygen atoms in total. The van der Waals surface area contributed by atoms with Crippen LogP contribution in [0, 0.1) is 12.7 Å². The maximum Gasteiger partial charge on any atom is 0.244 e. The molecule has 0 aliphatic heterocycles. The molecule has 0 fully saturated rings. The SMILES string of the molecule is COc1c(/C(C)=C/C(=O)NCCCc2ccccc2)cc2c(-c3ccc(F)cc3)coc2c1C. The van der Waals surface area contributed by atoms with Crippen LogP contribution in [0.4, 0.5) is 4.39 Å². The molecule has 0 saturated heterocycles. The first kappa shape index (κ1) is 23.3. The number of halogens is 1. The Labute approximate surface area is 199 Å². The van der Waals surface area contributed by atoms with Crippen LogP contribution in [0.5, 0.6) is 5.75 Å². The van der Waals surface area contributed by atoms with Crippen LogP contribution in [0.1, 0.15) is 30.0 Å². The zero-order valence-electron chi connectivity index (χ0n) is 19.7. The molecular weight excluding hydrogens is 429 g/mol. The summed E-state index contributed by atoms with van der Waals surface area (Å²) in [5, 5.41) is 3.86. The first-order valence-corrected chi connectivity index (χ1v) is 11.3. The molecule has 0 radical (unpaired) electrons. The van der Waals surface area contributed by atoms with Gasteiger partial charge in [0.2, 0.25) is 5.91 Å². The molecule has 1 amide bonds. The van der Waals surface area contributed by atoms with E-state index in [1.807, 2.05) is 38.1 Å². The van der Waals surface area contributed by atoms with E-state index in [-0.39, 0.29) is 11.7 Å². The number of benzene rings is 3. The van der Waals surface area contributed by atoms with E-state index in [1.165, 1.54) is 17.7 Å². The summed E-state index contributed by atoms with van der Waals surface area (Å²) in [6, 6.07) is 18.5. The third-order valence-electron chi connectivity index (χ3n) is 5.96. The molecule has 1 heterocycles. The molecule has 0 aliphatic rings. The second kappa shape index (κ2) is 10.4. The van der Waals surface area contributed by atoms with Crippen molar-refractivity contribution < 1.29 is 18.3 Å². The fourth-order valence-corrected chi connectivity index (χ4v) is 4.20. The number of carbonyl (C=O) groups excluding carboxylic acids is 1. The Morgan fingerprint density at radius 3 is 2.56 bits per heavy atom. The van der Waals surface area contributed by atoms with Gasteiger partial charge < -0.3 is 14.5 Å². The second-order valence-electron chi connectivity index (χ2n) is 8.32. The lowest BCUT2D eigenvalue weighted by atomic mass is 9.96. The average molecular weight is 458 g/mol. The molecule has 0 saturated carbocycles. The number of methoxy groups -OCH3 is 1. The van der Waals surface area contributed by atoms with Crippen molar-refractivity contribution in [3.05, 3.63) is 95.5 Å². The molecule has 0 aliphatic carbocycles. The van der Waals surface area contributed by atoms with Crippen molar-refractivity contribution in [2.75, 3.05) is 13.7 Å². The summed E-state index contributed by atoms with van der Waals surface area (Å²) >= 11 is 0. The van der Waals surface area contributed by atoms with Crippen LogP contribution in [-0.2, 0) is 11.2 Å². The second-order valence-corrected chi connectivity index (χ2v) is 8.32. The first-order valence-electron chi connectivity index (χ1n) is 11.3. The molecule has 1 aromatic heterocycles.